The number of amides is 1. The van der Waals surface area contributed by atoms with E-state index in [2.05, 4.69) is 15.7 Å². The third-order valence-corrected chi connectivity index (χ3v) is 2.22. The second kappa shape index (κ2) is 4.93. The molecule has 0 aliphatic rings. The van der Waals surface area contributed by atoms with E-state index in [4.69, 9.17) is 0 Å². The monoisotopic (exact) mass is 210 g/mol. The summed E-state index contributed by atoms with van der Waals surface area (Å²) in [4.78, 5) is 11.5. The lowest BCUT2D eigenvalue weighted by molar-refractivity contribution is -0.117. The van der Waals surface area contributed by atoms with Crippen molar-refractivity contribution in [3.05, 3.63) is 12.4 Å². The average Bonchev–Trinajstić information content (AvgIpc) is 2.65. The normalized spacial score (nSPS) is 12.9. The summed E-state index contributed by atoms with van der Waals surface area (Å²) >= 11 is 0. The van der Waals surface area contributed by atoms with Crippen LogP contribution in [0.5, 0.6) is 0 Å². The maximum Gasteiger partial charge on any atom is 0.241 e. The smallest absolute Gasteiger partial charge is 0.241 e. The zero-order valence-electron chi connectivity index (χ0n) is 9.61. The Morgan fingerprint density at radius 3 is 2.60 bits per heavy atom. The van der Waals surface area contributed by atoms with Crippen molar-refractivity contribution < 1.29 is 4.79 Å². The molecule has 1 rings (SSSR count). The Labute approximate surface area is 89.9 Å². The van der Waals surface area contributed by atoms with Gasteiger partial charge in [0.05, 0.1) is 17.9 Å². The molecule has 1 amide bonds. The summed E-state index contributed by atoms with van der Waals surface area (Å²) in [7, 11) is 1.75. The number of nitrogens with one attached hydrogen (secondary N) is 2. The Morgan fingerprint density at radius 2 is 2.13 bits per heavy atom. The van der Waals surface area contributed by atoms with Crippen LogP contribution in [0.25, 0.3) is 0 Å². The fraction of sp³-hybridized carbons (Fsp3) is 0.600. The standard InChI is InChI=1S/C10H18N4O/c1-7(2)14-6-9(5-12-14)13-10(15)8(3)11-4/h5-8,11H,1-4H3,(H,13,15). The molecule has 0 saturated carbocycles. The average molecular weight is 210 g/mol. The lowest BCUT2D eigenvalue weighted by Gasteiger charge is -2.09. The minimum Gasteiger partial charge on any atom is -0.322 e. The van der Waals surface area contributed by atoms with E-state index in [0.717, 1.165) is 5.69 Å². The SMILES string of the molecule is CNC(C)C(=O)Nc1cnn(C(C)C)c1. The van der Waals surface area contributed by atoms with Gasteiger partial charge in [0.2, 0.25) is 5.91 Å². The van der Waals surface area contributed by atoms with Gasteiger partial charge in [0.15, 0.2) is 0 Å². The van der Waals surface area contributed by atoms with Crippen molar-refractivity contribution in [1.82, 2.24) is 15.1 Å². The van der Waals surface area contributed by atoms with Crippen LogP contribution in [0.2, 0.25) is 0 Å². The maximum absolute atomic E-state index is 11.5. The molecule has 1 aromatic heterocycles. The Hall–Kier alpha value is -1.36. The van der Waals surface area contributed by atoms with Crippen molar-refractivity contribution in [2.75, 3.05) is 12.4 Å². The molecular weight excluding hydrogens is 192 g/mol. The molecular formula is C10H18N4O. The minimum atomic E-state index is -0.201. The molecule has 0 aromatic carbocycles. The van der Waals surface area contributed by atoms with Crippen LogP contribution in [-0.2, 0) is 4.79 Å². The summed E-state index contributed by atoms with van der Waals surface area (Å²) in [5.41, 5.74) is 0.732. The second-order valence-corrected chi connectivity index (χ2v) is 3.80. The summed E-state index contributed by atoms with van der Waals surface area (Å²) in [5.74, 6) is -0.0548. The Kier molecular flexibility index (Phi) is 3.85. The Balaban J connectivity index is 2.61. The number of anilines is 1. The molecule has 1 heterocycles. The number of nitrogens with zero attached hydrogens (tertiary/aromatic N) is 2. The van der Waals surface area contributed by atoms with E-state index in [1.807, 2.05) is 27.0 Å². The summed E-state index contributed by atoms with van der Waals surface area (Å²) in [6, 6.07) is 0.102. The molecule has 0 spiro atoms. The molecule has 2 N–H and O–H groups in total. The van der Waals surface area contributed by atoms with Crippen LogP contribution >= 0.6 is 0 Å². The van der Waals surface area contributed by atoms with E-state index >= 15 is 0 Å². The number of aromatic nitrogens is 2. The molecule has 84 valence electrons. The van der Waals surface area contributed by atoms with Crippen molar-refractivity contribution >= 4 is 11.6 Å². The minimum absolute atomic E-state index is 0.0548. The van der Waals surface area contributed by atoms with Gasteiger partial charge in [0.25, 0.3) is 0 Å². The Bertz CT molecular complexity index is 332. The topological polar surface area (TPSA) is 59.0 Å². The molecule has 0 aliphatic carbocycles. The number of hydrogen-bond donors (Lipinski definition) is 2. The fourth-order valence-electron chi connectivity index (χ4n) is 1.07. The van der Waals surface area contributed by atoms with E-state index < -0.39 is 0 Å². The number of hydrogen-bond acceptors (Lipinski definition) is 3. The summed E-state index contributed by atoms with van der Waals surface area (Å²) < 4.78 is 1.81. The number of rotatable bonds is 4. The third-order valence-electron chi connectivity index (χ3n) is 2.22. The number of likely N-dealkylation sites (N-methyl/N-ethyl adjacent to an activating group) is 1. The van der Waals surface area contributed by atoms with E-state index in [9.17, 15) is 4.79 Å². The molecule has 0 aliphatic heterocycles. The van der Waals surface area contributed by atoms with E-state index in [-0.39, 0.29) is 11.9 Å². The third kappa shape index (κ3) is 3.06. The van der Waals surface area contributed by atoms with E-state index in [0.29, 0.717) is 6.04 Å². The van der Waals surface area contributed by atoms with Gasteiger partial charge in [0.1, 0.15) is 0 Å². The Morgan fingerprint density at radius 1 is 1.47 bits per heavy atom. The molecule has 0 saturated heterocycles. The summed E-state index contributed by atoms with van der Waals surface area (Å²) in [5, 5.41) is 9.79. The zero-order chi connectivity index (χ0) is 11.4. The first-order chi connectivity index (χ1) is 7.04. The van der Waals surface area contributed by atoms with Gasteiger partial charge in [-0.1, -0.05) is 0 Å². The number of carbonyl (C=O) groups is 1. The van der Waals surface area contributed by atoms with Crippen molar-refractivity contribution in [2.45, 2.75) is 32.9 Å². The highest BCUT2D eigenvalue weighted by atomic mass is 16.2. The maximum atomic E-state index is 11.5. The van der Waals surface area contributed by atoms with Gasteiger partial charge < -0.3 is 10.6 Å². The quantitative estimate of drug-likeness (QED) is 0.779. The van der Waals surface area contributed by atoms with Gasteiger partial charge in [-0.2, -0.15) is 5.10 Å². The van der Waals surface area contributed by atoms with Crippen LogP contribution in [0.3, 0.4) is 0 Å². The molecule has 5 nitrogen and oxygen atoms in total. The largest absolute Gasteiger partial charge is 0.322 e. The van der Waals surface area contributed by atoms with Crippen LogP contribution < -0.4 is 10.6 Å². The summed E-state index contributed by atoms with van der Waals surface area (Å²) in [6.45, 7) is 5.88. The van der Waals surface area contributed by atoms with Crippen molar-refractivity contribution in [2.24, 2.45) is 0 Å². The van der Waals surface area contributed by atoms with E-state index in [1.54, 1.807) is 17.9 Å². The van der Waals surface area contributed by atoms with Gasteiger partial charge in [-0.3, -0.25) is 9.48 Å². The molecule has 0 radical (unpaired) electrons. The van der Waals surface area contributed by atoms with Crippen LogP contribution in [0, 0.1) is 0 Å². The van der Waals surface area contributed by atoms with Gasteiger partial charge >= 0.3 is 0 Å². The lowest BCUT2D eigenvalue weighted by atomic mass is 10.3. The molecule has 0 fully saturated rings. The summed E-state index contributed by atoms with van der Waals surface area (Å²) in [6.07, 6.45) is 3.48. The van der Waals surface area contributed by atoms with Crippen molar-refractivity contribution in [1.29, 1.82) is 0 Å². The molecule has 1 aromatic rings. The highest BCUT2D eigenvalue weighted by Gasteiger charge is 2.11. The van der Waals surface area contributed by atoms with Gasteiger partial charge in [-0.15, -0.1) is 0 Å². The first-order valence-electron chi connectivity index (χ1n) is 5.07. The molecule has 1 atom stereocenters. The lowest BCUT2D eigenvalue weighted by Crippen LogP contribution is -2.35. The van der Waals surface area contributed by atoms with Crippen molar-refractivity contribution in [3.8, 4) is 0 Å². The van der Waals surface area contributed by atoms with Crippen LogP contribution in [-0.4, -0.2) is 28.8 Å². The molecule has 1 unspecified atom stereocenters. The molecule has 5 heteroatoms. The first-order valence-corrected chi connectivity index (χ1v) is 5.07. The fourth-order valence-corrected chi connectivity index (χ4v) is 1.07. The van der Waals surface area contributed by atoms with Gasteiger partial charge in [-0.05, 0) is 27.8 Å². The van der Waals surface area contributed by atoms with E-state index in [1.165, 1.54) is 0 Å². The van der Waals surface area contributed by atoms with Gasteiger partial charge in [0, 0.05) is 12.2 Å². The van der Waals surface area contributed by atoms with Gasteiger partial charge in [-0.25, -0.2) is 0 Å². The van der Waals surface area contributed by atoms with Crippen LogP contribution in [0.4, 0.5) is 5.69 Å². The van der Waals surface area contributed by atoms with Crippen LogP contribution in [0.1, 0.15) is 26.8 Å². The molecule has 15 heavy (non-hydrogen) atoms. The second-order valence-electron chi connectivity index (χ2n) is 3.80. The predicted octanol–water partition coefficient (Wildman–Crippen LogP) is 1.01. The van der Waals surface area contributed by atoms with Crippen molar-refractivity contribution in [3.63, 3.8) is 0 Å². The predicted molar refractivity (Wildman–Crippen MR) is 59.8 cm³/mol. The van der Waals surface area contributed by atoms with Crippen LogP contribution in [0.15, 0.2) is 12.4 Å². The number of carbonyl (C=O) groups excluding carboxylic acids is 1. The highest BCUT2D eigenvalue weighted by molar-refractivity contribution is 5.94. The highest BCUT2D eigenvalue weighted by Crippen LogP contribution is 2.09. The zero-order valence-corrected chi connectivity index (χ0v) is 9.61. The molecule has 0 bridgehead atoms. The first kappa shape index (κ1) is 11.7.